The van der Waals surface area contributed by atoms with E-state index >= 15 is 0 Å². The summed E-state index contributed by atoms with van der Waals surface area (Å²) in [6.45, 7) is 11.0. The number of rotatable bonds is 3. The van der Waals surface area contributed by atoms with Gasteiger partial charge in [0.1, 0.15) is 0 Å². The Labute approximate surface area is 111 Å². The van der Waals surface area contributed by atoms with Gasteiger partial charge < -0.3 is 9.73 Å². The molecule has 0 atom stereocenters. The lowest BCUT2D eigenvalue weighted by atomic mass is 10.1. The predicted molar refractivity (Wildman–Crippen MR) is 73.7 cm³/mol. The van der Waals surface area contributed by atoms with Crippen LogP contribution in [0.2, 0.25) is 0 Å². The van der Waals surface area contributed by atoms with E-state index in [4.69, 9.17) is 4.42 Å². The summed E-state index contributed by atoms with van der Waals surface area (Å²) in [4.78, 5) is 9.76. The quantitative estimate of drug-likeness (QED) is 0.925. The molecule has 0 amide bonds. The first kappa shape index (κ1) is 13.2. The van der Waals surface area contributed by atoms with Crippen LogP contribution in [0.1, 0.15) is 37.4 Å². The van der Waals surface area contributed by atoms with Crippen LogP contribution in [0.15, 0.2) is 10.6 Å². The lowest BCUT2D eigenvalue weighted by molar-refractivity contribution is 0.384. The molecule has 2 heterocycles. The third-order valence-corrected chi connectivity index (χ3v) is 3.54. The molecule has 0 aromatic carbocycles. The van der Waals surface area contributed by atoms with Crippen molar-refractivity contribution in [1.82, 2.24) is 15.3 Å². The minimum absolute atomic E-state index is 0.0611. The summed E-state index contributed by atoms with van der Waals surface area (Å²) in [5.74, 6) is 1.52. The molecule has 0 bridgehead atoms. The molecule has 0 aliphatic carbocycles. The molecule has 0 fully saturated rings. The zero-order valence-electron chi connectivity index (χ0n) is 11.5. The Morgan fingerprint density at radius 1 is 1.33 bits per heavy atom. The van der Waals surface area contributed by atoms with Crippen LogP contribution in [0, 0.1) is 13.8 Å². The van der Waals surface area contributed by atoms with E-state index in [1.165, 1.54) is 0 Å². The molecule has 18 heavy (non-hydrogen) atoms. The average molecular weight is 265 g/mol. The first-order chi connectivity index (χ1) is 8.35. The fraction of sp³-hybridized carbons (Fsp3) is 0.538. The van der Waals surface area contributed by atoms with E-state index in [0.29, 0.717) is 12.4 Å². The summed E-state index contributed by atoms with van der Waals surface area (Å²) in [5, 5.41) is 4.40. The van der Waals surface area contributed by atoms with Crippen molar-refractivity contribution in [2.45, 2.75) is 46.7 Å². The van der Waals surface area contributed by atoms with Crippen LogP contribution < -0.4 is 5.32 Å². The molecular weight excluding hydrogens is 246 g/mol. The predicted octanol–water partition coefficient (Wildman–Crippen LogP) is 3.30. The van der Waals surface area contributed by atoms with Gasteiger partial charge in [-0.1, -0.05) is 0 Å². The monoisotopic (exact) mass is 265 g/mol. The van der Waals surface area contributed by atoms with Gasteiger partial charge in [-0.25, -0.2) is 9.97 Å². The van der Waals surface area contributed by atoms with Crippen LogP contribution in [-0.2, 0) is 6.54 Å². The highest BCUT2D eigenvalue weighted by Gasteiger charge is 2.14. The molecular formula is C13H19N3OS. The number of nitrogens with zero attached hydrogens (tertiary/aromatic N) is 2. The highest BCUT2D eigenvalue weighted by atomic mass is 32.1. The molecule has 0 saturated carbocycles. The number of aryl methyl sites for hydroxylation is 2. The maximum atomic E-state index is 5.76. The van der Waals surface area contributed by atoms with Crippen LogP contribution in [0.3, 0.4) is 0 Å². The van der Waals surface area contributed by atoms with Crippen LogP contribution in [0.25, 0.3) is 10.6 Å². The summed E-state index contributed by atoms with van der Waals surface area (Å²) in [7, 11) is 0. The summed E-state index contributed by atoms with van der Waals surface area (Å²) in [6, 6.07) is 0. The Balaban J connectivity index is 2.13. The van der Waals surface area contributed by atoms with Gasteiger partial charge in [0, 0.05) is 5.54 Å². The zero-order chi connectivity index (χ0) is 13.3. The lowest BCUT2D eigenvalue weighted by Gasteiger charge is -2.18. The van der Waals surface area contributed by atoms with Crippen LogP contribution in [-0.4, -0.2) is 15.5 Å². The minimum Gasteiger partial charge on any atom is -0.438 e. The number of hydrogen-bond acceptors (Lipinski definition) is 5. The van der Waals surface area contributed by atoms with Gasteiger partial charge in [-0.05, 0) is 34.6 Å². The summed E-state index contributed by atoms with van der Waals surface area (Å²) >= 11 is 1.64. The summed E-state index contributed by atoms with van der Waals surface area (Å²) in [5.41, 5.74) is 1.06. The summed E-state index contributed by atoms with van der Waals surface area (Å²) in [6.07, 6.45) is 1.78. The van der Waals surface area contributed by atoms with Crippen LogP contribution in [0.4, 0.5) is 0 Å². The SMILES string of the molecule is Cc1nc(C)c(-c2cnc(CNC(C)(C)C)o2)s1. The summed E-state index contributed by atoms with van der Waals surface area (Å²) < 4.78 is 5.76. The van der Waals surface area contributed by atoms with E-state index in [0.717, 1.165) is 21.3 Å². The number of oxazole rings is 1. The molecule has 1 N–H and O–H groups in total. The van der Waals surface area contributed by atoms with Crippen molar-refractivity contribution in [3.8, 4) is 10.6 Å². The molecule has 0 unspecified atom stereocenters. The van der Waals surface area contributed by atoms with Gasteiger partial charge in [0.05, 0.1) is 28.3 Å². The van der Waals surface area contributed by atoms with Gasteiger partial charge in [-0.2, -0.15) is 0 Å². The highest BCUT2D eigenvalue weighted by molar-refractivity contribution is 7.15. The van der Waals surface area contributed by atoms with Gasteiger partial charge in [-0.15, -0.1) is 11.3 Å². The van der Waals surface area contributed by atoms with Gasteiger partial charge >= 0.3 is 0 Å². The molecule has 5 heteroatoms. The Bertz CT molecular complexity index is 537. The molecule has 0 aliphatic rings. The Hall–Kier alpha value is -1.20. The van der Waals surface area contributed by atoms with Crippen LogP contribution >= 0.6 is 11.3 Å². The van der Waals surface area contributed by atoms with E-state index in [9.17, 15) is 0 Å². The molecule has 2 aromatic heterocycles. The largest absolute Gasteiger partial charge is 0.438 e. The number of hydrogen-bond donors (Lipinski definition) is 1. The number of aromatic nitrogens is 2. The van der Waals surface area contributed by atoms with E-state index in [2.05, 4.69) is 36.1 Å². The van der Waals surface area contributed by atoms with Gasteiger partial charge in [0.2, 0.25) is 5.89 Å². The smallest absolute Gasteiger partial charge is 0.208 e. The molecule has 4 nitrogen and oxygen atoms in total. The van der Waals surface area contributed by atoms with Crippen molar-refractivity contribution >= 4 is 11.3 Å². The second-order valence-corrected chi connectivity index (χ2v) is 6.57. The van der Waals surface area contributed by atoms with Crippen molar-refractivity contribution in [3.05, 3.63) is 22.8 Å². The molecule has 0 saturated heterocycles. The van der Waals surface area contributed by atoms with Crippen molar-refractivity contribution < 1.29 is 4.42 Å². The lowest BCUT2D eigenvalue weighted by Crippen LogP contribution is -2.35. The Kier molecular flexibility index (Phi) is 3.54. The topological polar surface area (TPSA) is 51.0 Å². The van der Waals surface area contributed by atoms with Crippen molar-refractivity contribution in [3.63, 3.8) is 0 Å². The Morgan fingerprint density at radius 3 is 2.61 bits per heavy atom. The molecule has 98 valence electrons. The maximum absolute atomic E-state index is 5.76. The Morgan fingerprint density at radius 2 is 2.06 bits per heavy atom. The number of nitrogens with one attached hydrogen (secondary N) is 1. The van der Waals surface area contributed by atoms with Gasteiger partial charge in [0.15, 0.2) is 5.76 Å². The first-order valence-corrected chi connectivity index (χ1v) is 6.81. The third kappa shape index (κ3) is 3.17. The fourth-order valence-corrected chi connectivity index (χ4v) is 2.46. The molecule has 0 radical (unpaired) electrons. The normalized spacial score (nSPS) is 12.1. The van der Waals surface area contributed by atoms with Crippen molar-refractivity contribution in [2.75, 3.05) is 0 Å². The van der Waals surface area contributed by atoms with Crippen LogP contribution in [0.5, 0.6) is 0 Å². The highest BCUT2D eigenvalue weighted by Crippen LogP contribution is 2.30. The second kappa shape index (κ2) is 4.82. The zero-order valence-corrected chi connectivity index (χ0v) is 12.3. The molecule has 0 aliphatic heterocycles. The van der Waals surface area contributed by atoms with E-state index in [1.54, 1.807) is 17.5 Å². The molecule has 2 aromatic rings. The second-order valence-electron chi connectivity index (χ2n) is 5.37. The van der Waals surface area contributed by atoms with Gasteiger partial charge in [-0.3, -0.25) is 0 Å². The standard InChI is InChI=1S/C13H19N3OS/c1-8-12(18-9(2)16-8)10-6-14-11(17-10)7-15-13(3,4)5/h6,15H,7H2,1-5H3. The van der Waals surface area contributed by atoms with E-state index in [-0.39, 0.29) is 5.54 Å². The first-order valence-electron chi connectivity index (χ1n) is 5.99. The van der Waals surface area contributed by atoms with Gasteiger partial charge in [0.25, 0.3) is 0 Å². The molecule has 2 rings (SSSR count). The van der Waals surface area contributed by atoms with E-state index < -0.39 is 0 Å². The third-order valence-electron chi connectivity index (χ3n) is 2.45. The molecule has 0 spiro atoms. The maximum Gasteiger partial charge on any atom is 0.208 e. The van der Waals surface area contributed by atoms with Crippen molar-refractivity contribution in [1.29, 1.82) is 0 Å². The number of thiazole rings is 1. The van der Waals surface area contributed by atoms with E-state index in [1.807, 2.05) is 13.8 Å². The average Bonchev–Trinajstić information content (AvgIpc) is 2.81. The fourth-order valence-electron chi connectivity index (χ4n) is 1.60. The van der Waals surface area contributed by atoms with Crippen molar-refractivity contribution in [2.24, 2.45) is 0 Å². The minimum atomic E-state index is 0.0611.